The molecule has 2 aromatic heterocycles. The van der Waals surface area contributed by atoms with Crippen molar-refractivity contribution in [2.24, 2.45) is 0 Å². The van der Waals surface area contributed by atoms with Crippen molar-refractivity contribution in [1.29, 1.82) is 0 Å². The lowest BCUT2D eigenvalue weighted by Crippen LogP contribution is -1.89. The summed E-state index contributed by atoms with van der Waals surface area (Å²) < 4.78 is 13.3. The third-order valence-electron chi connectivity index (χ3n) is 1.65. The van der Waals surface area contributed by atoms with Crippen LogP contribution in [0.4, 0.5) is 4.39 Å². The zero-order valence-corrected chi connectivity index (χ0v) is 6.95. The Kier molecular flexibility index (Phi) is 1.77. The van der Waals surface area contributed by atoms with Crippen molar-refractivity contribution in [1.82, 2.24) is 20.2 Å². The number of H-pyrrole nitrogens is 1. The number of aryl methyl sites for hydroxylation is 1. The van der Waals surface area contributed by atoms with E-state index in [0.717, 1.165) is 0 Å². The fraction of sp³-hybridized carbons (Fsp3) is 0.125. The number of nitrogens with one attached hydrogen (secondary N) is 1. The van der Waals surface area contributed by atoms with Crippen LogP contribution < -0.4 is 0 Å². The van der Waals surface area contributed by atoms with E-state index < -0.39 is 5.82 Å². The molecule has 0 aliphatic carbocycles. The van der Waals surface area contributed by atoms with E-state index in [1.807, 2.05) is 0 Å². The van der Waals surface area contributed by atoms with E-state index in [1.54, 1.807) is 25.4 Å². The van der Waals surface area contributed by atoms with Crippen molar-refractivity contribution in [3.63, 3.8) is 0 Å². The molecule has 5 heteroatoms. The van der Waals surface area contributed by atoms with Crippen molar-refractivity contribution in [3.05, 3.63) is 30.0 Å². The quantitative estimate of drug-likeness (QED) is 0.716. The maximum absolute atomic E-state index is 13.3. The monoisotopic (exact) mass is 178 g/mol. The van der Waals surface area contributed by atoms with Crippen molar-refractivity contribution in [2.75, 3.05) is 0 Å². The van der Waals surface area contributed by atoms with Gasteiger partial charge >= 0.3 is 0 Å². The molecule has 0 aliphatic heterocycles. The average molecular weight is 178 g/mol. The van der Waals surface area contributed by atoms with Gasteiger partial charge in [-0.1, -0.05) is 0 Å². The minimum absolute atomic E-state index is 0.165. The van der Waals surface area contributed by atoms with E-state index in [-0.39, 0.29) is 5.69 Å². The molecule has 0 unspecified atom stereocenters. The van der Waals surface area contributed by atoms with Gasteiger partial charge in [-0.3, -0.25) is 5.10 Å². The summed E-state index contributed by atoms with van der Waals surface area (Å²) in [5.74, 6) is -0.101. The van der Waals surface area contributed by atoms with E-state index in [0.29, 0.717) is 11.5 Å². The second-order valence-electron chi connectivity index (χ2n) is 2.58. The molecule has 0 fully saturated rings. The molecule has 0 saturated heterocycles. The third kappa shape index (κ3) is 1.28. The number of hydrogen-bond acceptors (Lipinski definition) is 3. The van der Waals surface area contributed by atoms with E-state index >= 15 is 0 Å². The Morgan fingerprint density at radius 3 is 2.54 bits per heavy atom. The highest BCUT2D eigenvalue weighted by Gasteiger charge is 2.13. The first-order chi connectivity index (χ1) is 6.29. The Morgan fingerprint density at radius 1 is 1.31 bits per heavy atom. The summed E-state index contributed by atoms with van der Waals surface area (Å²) in [6.45, 7) is 1.61. The molecule has 0 amide bonds. The van der Waals surface area contributed by atoms with Crippen molar-refractivity contribution in [3.8, 4) is 11.5 Å². The molecule has 66 valence electrons. The number of rotatable bonds is 1. The molecular weight excluding hydrogens is 171 g/mol. The molecule has 0 saturated carbocycles. The fourth-order valence-corrected chi connectivity index (χ4v) is 0.985. The highest BCUT2D eigenvalue weighted by Crippen LogP contribution is 2.16. The summed E-state index contributed by atoms with van der Waals surface area (Å²) in [5, 5.41) is 6.29. The summed E-state index contributed by atoms with van der Waals surface area (Å²) in [6, 6.07) is 1.67. The number of aromatic amines is 1. The summed E-state index contributed by atoms with van der Waals surface area (Å²) in [4.78, 5) is 7.78. The van der Waals surface area contributed by atoms with Gasteiger partial charge < -0.3 is 0 Å². The number of hydrogen-bond donors (Lipinski definition) is 1. The van der Waals surface area contributed by atoms with Gasteiger partial charge in [0.05, 0.1) is 5.69 Å². The molecule has 2 heterocycles. The predicted molar refractivity (Wildman–Crippen MR) is 44.3 cm³/mol. The van der Waals surface area contributed by atoms with Gasteiger partial charge in [-0.15, -0.1) is 0 Å². The Hall–Kier alpha value is -1.78. The first-order valence-electron chi connectivity index (χ1n) is 3.77. The Morgan fingerprint density at radius 2 is 2.00 bits per heavy atom. The molecule has 1 N–H and O–H groups in total. The van der Waals surface area contributed by atoms with Crippen LogP contribution in [0.25, 0.3) is 11.5 Å². The fourth-order valence-electron chi connectivity index (χ4n) is 0.985. The molecular formula is C8H7FN4. The lowest BCUT2D eigenvalue weighted by Gasteiger charge is -1.92. The van der Waals surface area contributed by atoms with E-state index in [2.05, 4.69) is 20.2 Å². The van der Waals surface area contributed by atoms with Crippen LogP contribution in [-0.4, -0.2) is 20.2 Å². The number of nitrogens with zero attached hydrogens (tertiary/aromatic N) is 3. The largest absolute Gasteiger partial charge is 0.279 e. The second kappa shape index (κ2) is 2.93. The lowest BCUT2D eigenvalue weighted by molar-refractivity contribution is 0.621. The zero-order valence-electron chi connectivity index (χ0n) is 6.95. The first kappa shape index (κ1) is 7.85. The first-order valence-corrected chi connectivity index (χ1v) is 3.77. The van der Waals surface area contributed by atoms with Crippen molar-refractivity contribution < 1.29 is 4.39 Å². The molecule has 0 bridgehead atoms. The minimum Gasteiger partial charge on any atom is -0.279 e. The van der Waals surface area contributed by atoms with Crippen LogP contribution in [0.2, 0.25) is 0 Å². The van der Waals surface area contributed by atoms with E-state index in [9.17, 15) is 4.39 Å². The second-order valence-corrected chi connectivity index (χ2v) is 2.58. The summed E-state index contributed by atoms with van der Waals surface area (Å²) in [5.41, 5.74) is 0.556. The van der Waals surface area contributed by atoms with Crippen LogP contribution in [0.15, 0.2) is 18.5 Å². The zero-order chi connectivity index (χ0) is 9.26. The minimum atomic E-state index is -0.397. The summed E-state index contributed by atoms with van der Waals surface area (Å²) in [7, 11) is 0. The van der Waals surface area contributed by atoms with E-state index in [4.69, 9.17) is 0 Å². The predicted octanol–water partition coefficient (Wildman–Crippen LogP) is 1.31. The van der Waals surface area contributed by atoms with Crippen LogP contribution in [0.1, 0.15) is 5.69 Å². The molecule has 0 radical (unpaired) electrons. The van der Waals surface area contributed by atoms with Crippen LogP contribution in [-0.2, 0) is 0 Å². The topological polar surface area (TPSA) is 54.5 Å². The lowest BCUT2D eigenvalue weighted by atomic mass is 10.3. The molecule has 0 atom stereocenters. The highest BCUT2D eigenvalue weighted by atomic mass is 19.1. The molecule has 13 heavy (non-hydrogen) atoms. The van der Waals surface area contributed by atoms with Crippen LogP contribution in [0, 0.1) is 12.7 Å². The SMILES string of the molecule is Cc1[nH]nc(-c2ncccn2)c1F. The molecule has 0 spiro atoms. The van der Waals surface area contributed by atoms with Crippen LogP contribution >= 0.6 is 0 Å². The van der Waals surface area contributed by atoms with Gasteiger partial charge in [-0.05, 0) is 13.0 Å². The maximum atomic E-state index is 13.3. The molecule has 2 rings (SSSR count). The van der Waals surface area contributed by atoms with Gasteiger partial charge in [0.2, 0.25) is 0 Å². The summed E-state index contributed by atoms with van der Waals surface area (Å²) >= 11 is 0. The normalized spacial score (nSPS) is 10.3. The highest BCUT2D eigenvalue weighted by molar-refractivity contribution is 5.49. The standard InChI is InChI=1S/C8H7FN4/c1-5-6(9)7(13-12-5)8-10-3-2-4-11-8/h2-4H,1H3,(H,12,13). The number of halogens is 1. The van der Waals surface area contributed by atoms with Crippen LogP contribution in [0.5, 0.6) is 0 Å². The van der Waals surface area contributed by atoms with Gasteiger partial charge in [0.25, 0.3) is 0 Å². The van der Waals surface area contributed by atoms with Gasteiger partial charge in [0.15, 0.2) is 17.3 Å². The summed E-state index contributed by atoms with van der Waals surface area (Å²) in [6.07, 6.45) is 3.09. The van der Waals surface area contributed by atoms with Gasteiger partial charge in [-0.25, -0.2) is 14.4 Å². The van der Waals surface area contributed by atoms with Crippen molar-refractivity contribution in [2.45, 2.75) is 6.92 Å². The number of aromatic nitrogens is 4. The molecule has 4 nitrogen and oxygen atoms in total. The van der Waals surface area contributed by atoms with Crippen molar-refractivity contribution >= 4 is 0 Å². The van der Waals surface area contributed by atoms with Gasteiger partial charge in [0, 0.05) is 12.4 Å². The Labute approximate surface area is 73.9 Å². The Bertz CT molecular complexity index is 409. The van der Waals surface area contributed by atoms with E-state index in [1.165, 1.54) is 0 Å². The van der Waals surface area contributed by atoms with Crippen LogP contribution in [0.3, 0.4) is 0 Å². The third-order valence-corrected chi connectivity index (χ3v) is 1.65. The maximum Gasteiger partial charge on any atom is 0.183 e. The molecule has 0 aliphatic rings. The van der Waals surface area contributed by atoms with Gasteiger partial charge in [0.1, 0.15) is 0 Å². The molecule has 2 aromatic rings. The molecule has 0 aromatic carbocycles. The average Bonchev–Trinajstić information content (AvgIpc) is 2.49. The Balaban J connectivity index is 2.53. The smallest absolute Gasteiger partial charge is 0.183 e. The van der Waals surface area contributed by atoms with Gasteiger partial charge in [-0.2, -0.15) is 5.10 Å².